The summed E-state index contributed by atoms with van der Waals surface area (Å²) in [6.45, 7) is 4.67. The molecule has 1 aliphatic carbocycles. The van der Waals surface area contributed by atoms with Crippen molar-refractivity contribution in [3.63, 3.8) is 0 Å². The number of carbonyl (C=O) groups is 2. The number of ether oxygens (including phenoxy) is 2. The number of hydrogen-bond donors (Lipinski definition) is 4. The van der Waals surface area contributed by atoms with Crippen LogP contribution in [0.4, 0.5) is 0 Å². The third-order valence-corrected chi connectivity index (χ3v) is 10.4. The molecule has 196 valence electrons. The number of nitrogens with one attached hydrogen (secondary N) is 3. The maximum atomic E-state index is 12.9. The summed E-state index contributed by atoms with van der Waals surface area (Å²) < 4.78 is 12.1. The molecule has 11 heteroatoms. The highest BCUT2D eigenvalue weighted by molar-refractivity contribution is 8.01. The minimum Gasteiger partial charge on any atom is -0.480 e. The van der Waals surface area contributed by atoms with Crippen LogP contribution >= 0.6 is 11.8 Å². The molecule has 0 aromatic carbocycles. The second-order valence-electron chi connectivity index (χ2n) is 11.0. The number of carboxylic acids is 1. The third-order valence-electron chi connectivity index (χ3n) is 8.89. The predicted molar refractivity (Wildman–Crippen MR) is 131 cm³/mol. The van der Waals surface area contributed by atoms with Crippen LogP contribution in [0.15, 0.2) is 0 Å². The van der Waals surface area contributed by atoms with Gasteiger partial charge in [0, 0.05) is 38.6 Å². The standard InChI is InChI=1S/C24H39N5O5S/c30-18-11-20(28-7-9-33-10-8-28)34-21-16(13-35-22(18)21)14-1-3-15(4-2-14)26-24-25-6-5-19(27-24)29-12-17(29)23(31)32/h14-17,19-22,24-27H,1-13H2,(H,31,32). The summed E-state index contributed by atoms with van der Waals surface area (Å²) in [5, 5.41) is 20.0. The minimum absolute atomic E-state index is 0.0188. The highest BCUT2D eigenvalue weighted by Crippen LogP contribution is 2.46. The molecule has 8 unspecified atom stereocenters. The number of carboxylic acid groups (broad SMARTS) is 1. The van der Waals surface area contributed by atoms with Gasteiger partial charge in [0.25, 0.3) is 0 Å². The molecule has 0 aromatic heterocycles. The Bertz CT molecular complexity index is 792. The topological polar surface area (TPSA) is 115 Å². The van der Waals surface area contributed by atoms with Crippen LogP contribution in [0.5, 0.6) is 0 Å². The molecular formula is C24H39N5O5S. The molecule has 10 nitrogen and oxygen atoms in total. The van der Waals surface area contributed by atoms with E-state index in [9.17, 15) is 14.7 Å². The first-order chi connectivity index (χ1) is 17.1. The van der Waals surface area contributed by atoms with Gasteiger partial charge in [0.1, 0.15) is 18.6 Å². The van der Waals surface area contributed by atoms with Gasteiger partial charge in [0.2, 0.25) is 0 Å². The lowest BCUT2D eigenvalue weighted by atomic mass is 9.75. The maximum absolute atomic E-state index is 12.9. The molecule has 0 amide bonds. The summed E-state index contributed by atoms with van der Waals surface area (Å²) in [5.41, 5.74) is 0. The van der Waals surface area contributed by atoms with Crippen LogP contribution in [0.25, 0.3) is 0 Å². The number of fused-ring (bicyclic) bond motifs is 1. The molecule has 6 fully saturated rings. The van der Waals surface area contributed by atoms with E-state index in [2.05, 4.69) is 20.9 Å². The van der Waals surface area contributed by atoms with Crippen molar-refractivity contribution in [3.05, 3.63) is 0 Å². The van der Waals surface area contributed by atoms with Crippen LogP contribution in [-0.4, -0.2) is 114 Å². The Morgan fingerprint density at radius 3 is 2.69 bits per heavy atom. The van der Waals surface area contributed by atoms with Gasteiger partial charge >= 0.3 is 5.97 Å². The van der Waals surface area contributed by atoms with Crippen molar-refractivity contribution in [2.45, 2.75) is 80.6 Å². The van der Waals surface area contributed by atoms with Crippen molar-refractivity contribution < 1.29 is 24.2 Å². The summed E-state index contributed by atoms with van der Waals surface area (Å²) >= 11 is 1.83. The van der Waals surface area contributed by atoms with Crippen molar-refractivity contribution in [3.8, 4) is 0 Å². The van der Waals surface area contributed by atoms with Gasteiger partial charge in [-0.2, -0.15) is 0 Å². The van der Waals surface area contributed by atoms with E-state index < -0.39 is 5.97 Å². The second-order valence-corrected chi connectivity index (χ2v) is 12.2. The lowest BCUT2D eigenvalue weighted by Crippen LogP contribution is -2.64. The van der Waals surface area contributed by atoms with E-state index in [1.54, 1.807) is 0 Å². The average Bonchev–Trinajstić information content (AvgIpc) is 3.58. The van der Waals surface area contributed by atoms with Crippen LogP contribution in [-0.2, 0) is 19.1 Å². The Kier molecular flexibility index (Phi) is 7.38. The number of hydrogen-bond acceptors (Lipinski definition) is 10. The zero-order chi connectivity index (χ0) is 23.9. The van der Waals surface area contributed by atoms with E-state index in [1.807, 2.05) is 16.7 Å². The fourth-order valence-corrected chi connectivity index (χ4v) is 8.44. The Hall–Kier alpha value is -0.790. The number of Topliss-reactive ketones (excluding diaryl/α,β-unsaturated/α-hetero) is 1. The summed E-state index contributed by atoms with van der Waals surface area (Å²) in [7, 11) is 0. The zero-order valence-corrected chi connectivity index (χ0v) is 21.1. The van der Waals surface area contributed by atoms with Crippen molar-refractivity contribution in [2.24, 2.45) is 11.8 Å². The molecule has 8 atom stereocenters. The zero-order valence-electron chi connectivity index (χ0n) is 20.3. The number of morpholine rings is 1. The van der Waals surface area contributed by atoms with Gasteiger partial charge in [-0.05, 0) is 49.7 Å². The number of ketones is 1. The molecule has 0 spiro atoms. The van der Waals surface area contributed by atoms with E-state index >= 15 is 0 Å². The van der Waals surface area contributed by atoms with Crippen molar-refractivity contribution >= 4 is 23.5 Å². The Labute approximate surface area is 211 Å². The van der Waals surface area contributed by atoms with Crippen molar-refractivity contribution in [1.82, 2.24) is 25.8 Å². The van der Waals surface area contributed by atoms with Gasteiger partial charge in [0.15, 0.2) is 5.78 Å². The monoisotopic (exact) mass is 509 g/mol. The molecule has 4 N–H and O–H groups in total. The van der Waals surface area contributed by atoms with Crippen LogP contribution in [0.1, 0.15) is 38.5 Å². The van der Waals surface area contributed by atoms with Crippen LogP contribution in [0, 0.1) is 11.8 Å². The normalized spacial score (nSPS) is 46.8. The SMILES string of the molecule is O=C1CC(N2CCOCC2)OC2C1SCC2C1CCC(NC2NCCC(N3CC3C(=O)O)N2)CC1. The van der Waals surface area contributed by atoms with Gasteiger partial charge in [-0.25, -0.2) is 0 Å². The first-order valence-corrected chi connectivity index (χ1v) is 14.5. The van der Waals surface area contributed by atoms with Gasteiger partial charge < -0.3 is 14.6 Å². The van der Waals surface area contributed by atoms with E-state index in [4.69, 9.17) is 9.47 Å². The first-order valence-electron chi connectivity index (χ1n) is 13.4. The Morgan fingerprint density at radius 2 is 1.94 bits per heavy atom. The predicted octanol–water partition coefficient (Wildman–Crippen LogP) is -0.156. The summed E-state index contributed by atoms with van der Waals surface area (Å²) in [4.78, 5) is 28.5. The number of thioether (sulfide) groups is 1. The number of rotatable bonds is 6. The molecule has 5 heterocycles. The second kappa shape index (κ2) is 10.5. The summed E-state index contributed by atoms with van der Waals surface area (Å²) in [6.07, 6.45) is 6.12. The van der Waals surface area contributed by atoms with Gasteiger partial charge in [0.05, 0.1) is 30.7 Å². The largest absolute Gasteiger partial charge is 0.480 e. The molecule has 0 radical (unpaired) electrons. The molecule has 6 aliphatic rings. The third kappa shape index (κ3) is 5.29. The van der Waals surface area contributed by atoms with Crippen molar-refractivity contribution in [2.75, 3.05) is 45.1 Å². The lowest BCUT2D eigenvalue weighted by molar-refractivity contribution is -0.170. The van der Waals surface area contributed by atoms with E-state index in [1.165, 1.54) is 0 Å². The number of aliphatic carboxylic acids is 1. The van der Waals surface area contributed by atoms with Gasteiger partial charge in [-0.15, -0.1) is 11.8 Å². The molecule has 0 aromatic rings. The Balaban J connectivity index is 0.991. The molecule has 5 saturated heterocycles. The fraction of sp³-hybridized carbons (Fsp3) is 0.917. The maximum Gasteiger partial charge on any atom is 0.322 e. The molecule has 6 rings (SSSR count). The first kappa shape index (κ1) is 24.5. The average molecular weight is 510 g/mol. The minimum atomic E-state index is -0.722. The molecule has 5 aliphatic heterocycles. The molecular weight excluding hydrogens is 470 g/mol. The van der Waals surface area contributed by atoms with Gasteiger partial charge in [-0.3, -0.25) is 35.3 Å². The summed E-state index contributed by atoms with van der Waals surface area (Å²) in [5.74, 6) is 1.76. The van der Waals surface area contributed by atoms with E-state index in [-0.39, 0.29) is 36.1 Å². The highest BCUT2D eigenvalue weighted by atomic mass is 32.2. The highest BCUT2D eigenvalue weighted by Gasteiger charge is 2.51. The number of nitrogens with zero attached hydrogens (tertiary/aromatic N) is 2. The molecule has 0 bridgehead atoms. The van der Waals surface area contributed by atoms with Gasteiger partial charge in [-0.1, -0.05) is 0 Å². The van der Waals surface area contributed by atoms with Crippen LogP contribution < -0.4 is 16.0 Å². The molecule has 35 heavy (non-hydrogen) atoms. The summed E-state index contributed by atoms with van der Waals surface area (Å²) in [6, 6.07) is 0.117. The van der Waals surface area contributed by atoms with Crippen molar-refractivity contribution in [1.29, 1.82) is 0 Å². The quantitative estimate of drug-likeness (QED) is 0.358. The lowest BCUT2D eigenvalue weighted by Gasteiger charge is -2.43. The smallest absolute Gasteiger partial charge is 0.322 e. The number of carbonyl (C=O) groups excluding carboxylic acids is 1. The van der Waals surface area contributed by atoms with Crippen LogP contribution in [0.3, 0.4) is 0 Å². The van der Waals surface area contributed by atoms with E-state index in [0.717, 1.165) is 70.7 Å². The van der Waals surface area contributed by atoms with Crippen LogP contribution in [0.2, 0.25) is 0 Å². The Morgan fingerprint density at radius 1 is 1.14 bits per heavy atom. The molecule has 1 saturated carbocycles. The fourth-order valence-electron chi connectivity index (χ4n) is 6.81. The van der Waals surface area contributed by atoms with E-state index in [0.29, 0.717) is 36.6 Å².